The average molecular weight is 241 g/mol. The summed E-state index contributed by atoms with van der Waals surface area (Å²) in [6, 6.07) is 0. The highest BCUT2D eigenvalue weighted by atomic mass is 16.3. The first kappa shape index (κ1) is 15.0. The van der Waals surface area contributed by atoms with Crippen LogP contribution < -0.4 is 5.73 Å². The maximum Gasteiger partial charge on any atom is 0.0710 e. The molecule has 0 spiro atoms. The topological polar surface area (TPSA) is 46.2 Å². The molecule has 0 aromatic heterocycles. The molecule has 0 heterocycles. The zero-order valence-electron chi connectivity index (χ0n) is 12.3. The third kappa shape index (κ3) is 3.23. The molecular formula is C15H31NO. The Hall–Kier alpha value is -0.0800. The molecule has 0 amide bonds. The highest BCUT2D eigenvalue weighted by Crippen LogP contribution is 2.45. The minimum Gasteiger partial charge on any atom is -0.389 e. The number of hydrogen-bond donors (Lipinski definition) is 2. The first-order chi connectivity index (χ1) is 7.62. The summed E-state index contributed by atoms with van der Waals surface area (Å²) in [7, 11) is 0. The van der Waals surface area contributed by atoms with Gasteiger partial charge in [0.15, 0.2) is 0 Å². The van der Waals surface area contributed by atoms with Crippen molar-refractivity contribution >= 4 is 0 Å². The van der Waals surface area contributed by atoms with E-state index in [1.54, 1.807) is 0 Å². The van der Waals surface area contributed by atoms with Gasteiger partial charge in [0.1, 0.15) is 0 Å². The van der Waals surface area contributed by atoms with Crippen molar-refractivity contribution in [1.82, 2.24) is 0 Å². The summed E-state index contributed by atoms with van der Waals surface area (Å²) in [5.41, 5.74) is 5.46. The molecule has 17 heavy (non-hydrogen) atoms. The van der Waals surface area contributed by atoms with Crippen molar-refractivity contribution in [3.8, 4) is 0 Å². The summed E-state index contributed by atoms with van der Waals surface area (Å²) in [5.74, 6) is 0.727. The summed E-state index contributed by atoms with van der Waals surface area (Å²) >= 11 is 0. The van der Waals surface area contributed by atoms with Crippen molar-refractivity contribution in [2.75, 3.05) is 6.54 Å². The van der Waals surface area contributed by atoms with E-state index in [0.717, 1.165) is 31.6 Å². The minimum absolute atomic E-state index is 0.167. The lowest BCUT2D eigenvalue weighted by atomic mass is 9.70. The highest BCUT2D eigenvalue weighted by molar-refractivity contribution is 4.96. The molecule has 2 heteroatoms. The van der Waals surface area contributed by atoms with Crippen LogP contribution >= 0.6 is 0 Å². The van der Waals surface area contributed by atoms with Crippen LogP contribution in [0.25, 0.3) is 0 Å². The molecule has 0 aliphatic heterocycles. The molecule has 1 aliphatic rings. The zero-order valence-corrected chi connectivity index (χ0v) is 12.3. The molecule has 2 atom stereocenters. The third-order valence-electron chi connectivity index (χ3n) is 5.04. The Bertz CT molecular complexity index is 254. The van der Waals surface area contributed by atoms with Crippen molar-refractivity contribution in [3.63, 3.8) is 0 Å². The van der Waals surface area contributed by atoms with Gasteiger partial charge in [-0.2, -0.15) is 0 Å². The van der Waals surface area contributed by atoms with Gasteiger partial charge in [-0.1, -0.05) is 41.0 Å². The van der Waals surface area contributed by atoms with Crippen molar-refractivity contribution in [1.29, 1.82) is 0 Å². The van der Waals surface area contributed by atoms with Crippen LogP contribution in [0.5, 0.6) is 0 Å². The second-order valence-corrected chi connectivity index (χ2v) is 7.61. The molecule has 1 aliphatic carbocycles. The molecule has 0 bridgehead atoms. The van der Waals surface area contributed by atoms with E-state index in [1.165, 1.54) is 6.42 Å². The van der Waals surface area contributed by atoms with Gasteiger partial charge < -0.3 is 10.8 Å². The van der Waals surface area contributed by atoms with E-state index in [9.17, 15) is 5.11 Å². The molecular weight excluding hydrogens is 210 g/mol. The fourth-order valence-corrected chi connectivity index (χ4v) is 3.06. The molecule has 2 nitrogen and oxygen atoms in total. The zero-order chi connectivity index (χ0) is 13.3. The van der Waals surface area contributed by atoms with Gasteiger partial charge >= 0.3 is 0 Å². The van der Waals surface area contributed by atoms with Crippen molar-refractivity contribution in [2.45, 2.75) is 72.3 Å². The maximum atomic E-state index is 10.9. The Morgan fingerprint density at radius 1 is 1.12 bits per heavy atom. The van der Waals surface area contributed by atoms with Gasteiger partial charge in [-0.05, 0) is 37.0 Å². The number of aliphatic hydroxyl groups is 1. The largest absolute Gasteiger partial charge is 0.389 e. The molecule has 0 aromatic rings. The van der Waals surface area contributed by atoms with Gasteiger partial charge in [-0.15, -0.1) is 0 Å². The quantitative estimate of drug-likeness (QED) is 0.728. The minimum atomic E-state index is -0.568. The number of nitrogens with two attached hydrogens (primary N) is 1. The van der Waals surface area contributed by atoms with Crippen LogP contribution in [0.15, 0.2) is 0 Å². The van der Waals surface area contributed by atoms with Crippen LogP contribution in [-0.4, -0.2) is 17.3 Å². The molecule has 0 radical (unpaired) electrons. The fourth-order valence-electron chi connectivity index (χ4n) is 3.06. The van der Waals surface area contributed by atoms with Crippen LogP contribution in [0, 0.1) is 16.7 Å². The summed E-state index contributed by atoms with van der Waals surface area (Å²) in [6.07, 6.45) is 5.31. The van der Waals surface area contributed by atoms with E-state index in [0.29, 0.717) is 12.0 Å². The first-order valence-electron chi connectivity index (χ1n) is 7.05. The predicted molar refractivity (Wildman–Crippen MR) is 73.8 cm³/mol. The smallest absolute Gasteiger partial charge is 0.0710 e. The van der Waals surface area contributed by atoms with Crippen LogP contribution in [-0.2, 0) is 0 Å². The SMILES string of the molecule is CC(C)(C)C1CCCC(O)(C(C)(C)CN)CC1. The predicted octanol–water partition coefficient (Wildman–Crippen LogP) is 3.33. The van der Waals surface area contributed by atoms with E-state index in [2.05, 4.69) is 34.6 Å². The average Bonchev–Trinajstić information content (AvgIpc) is 2.40. The van der Waals surface area contributed by atoms with Crippen molar-refractivity contribution in [3.05, 3.63) is 0 Å². The van der Waals surface area contributed by atoms with Gasteiger partial charge in [0.05, 0.1) is 5.60 Å². The van der Waals surface area contributed by atoms with E-state index < -0.39 is 5.60 Å². The Kier molecular flexibility index (Phi) is 4.31. The summed E-state index contributed by atoms with van der Waals surface area (Å²) in [4.78, 5) is 0. The summed E-state index contributed by atoms with van der Waals surface area (Å²) in [5, 5.41) is 10.9. The molecule has 2 unspecified atom stereocenters. The lowest BCUT2D eigenvalue weighted by Crippen LogP contribution is -2.48. The van der Waals surface area contributed by atoms with Crippen LogP contribution in [0.4, 0.5) is 0 Å². The molecule has 1 fully saturated rings. The third-order valence-corrected chi connectivity index (χ3v) is 5.04. The molecule has 3 N–H and O–H groups in total. The van der Waals surface area contributed by atoms with E-state index in [4.69, 9.17) is 5.73 Å². The fraction of sp³-hybridized carbons (Fsp3) is 1.00. The van der Waals surface area contributed by atoms with Crippen LogP contribution in [0.3, 0.4) is 0 Å². The van der Waals surface area contributed by atoms with E-state index >= 15 is 0 Å². The Morgan fingerprint density at radius 3 is 2.18 bits per heavy atom. The van der Waals surface area contributed by atoms with Gasteiger partial charge in [0, 0.05) is 12.0 Å². The van der Waals surface area contributed by atoms with Gasteiger partial charge in [-0.3, -0.25) is 0 Å². The lowest BCUT2D eigenvalue weighted by Gasteiger charge is -2.42. The molecule has 0 aromatic carbocycles. The Labute approximate surface area is 107 Å². The van der Waals surface area contributed by atoms with Crippen LogP contribution in [0.2, 0.25) is 0 Å². The van der Waals surface area contributed by atoms with Crippen LogP contribution in [0.1, 0.15) is 66.7 Å². The lowest BCUT2D eigenvalue weighted by molar-refractivity contribution is -0.0752. The summed E-state index contributed by atoms with van der Waals surface area (Å²) < 4.78 is 0. The summed E-state index contributed by atoms with van der Waals surface area (Å²) in [6.45, 7) is 11.7. The van der Waals surface area contributed by atoms with E-state index in [-0.39, 0.29) is 5.41 Å². The van der Waals surface area contributed by atoms with Crippen molar-refractivity contribution in [2.24, 2.45) is 22.5 Å². The molecule has 1 rings (SSSR count). The van der Waals surface area contributed by atoms with Gasteiger partial charge in [0.25, 0.3) is 0 Å². The number of rotatable bonds is 2. The normalized spacial score (nSPS) is 32.3. The first-order valence-corrected chi connectivity index (χ1v) is 7.05. The maximum absolute atomic E-state index is 10.9. The monoisotopic (exact) mass is 241 g/mol. The molecule has 1 saturated carbocycles. The Morgan fingerprint density at radius 2 is 1.71 bits per heavy atom. The van der Waals surface area contributed by atoms with E-state index in [1.807, 2.05) is 0 Å². The second kappa shape index (κ2) is 4.89. The second-order valence-electron chi connectivity index (χ2n) is 7.61. The molecule has 102 valence electrons. The van der Waals surface area contributed by atoms with Gasteiger partial charge in [0.2, 0.25) is 0 Å². The highest BCUT2D eigenvalue weighted by Gasteiger charge is 2.44. The standard InChI is InChI=1S/C15H31NO/c1-13(2,3)12-7-6-9-15(17,10-8-12)14(4,5)11-16/h12,17H,6-11,16H2,1-5H3. The van der Waals surface area contributed by atoms with Gasteiger partial charge in [-0.25, -0.2) is 0 Å². The number of hydrogen-bond acceptors (Lipinski definition) is 2. The van der Waals surface area contributed by atoms with Crippen molar-refractivity contribution < 1.29 is 5.11 Å². The molecule has 0 saturated heterocycles. The Balaban J connectivity index is 2.77.